The molecule has 4 bridgehead atoms. The number of aromatic nitrogens is 2. The van der Waals surface area contributed by atoms with E-state index in [-0.39, 0.29) is 30.9 Å². The second-order valence-corrected chi connectivity index (χ2v) is 17.8. The lowest BCUT2D eigenvalue weighted by Crippen LogP contribution is -2.59. The Morgan fingerprint density at radius 1 is 1.05 bits per heavy atom. The molecular formula is C41H49N7O7S. The molecule has 3 fully saturated rings. The third-order valence-corrected chi connectivity index (χ3v) is 13.4. The van der Waals surface area contributed by atoms with E-state index in [1.807, 2.05) is 54.6 Å². The molecule has 7 rings (SSSR count). The maximum Gasteiger partial charge on any atom is 0.317 e. The van der Waals surface area contributed by atoms with Crippen LogP contribution in [0.15, 0.2) is 78.3 Å². The monoisotopic (exact) mass is 783 g/mol. The van der Waals surface area contributed by atoms with E-state index in [1.165, 1.54) is 20.6 Å². The molecule has 2 aliphatic heterocycles. The van der Waals surface area contributed by atoms with Crippen molar-refractivity contribution < 1.29 is 27.6 Å². The summed E-state index contributed by atoms with van der Waals surface area (Å²) in [5.41, 5.74) is 0.111. The quantitative estimate of drug-likeness (QED) is 0.291. The molecule has 2 saturated carbocycles. The zero-order chi connectivity index (χ0) is 39.9. The van der Waals surface area contributed by atoms with Gasteiger partial charge in [-0.2, -0.15) is 5.10 Å². The molecule has 14 nitrogen and oxygen atoms in total. The lowest BCUT2D eigenvalue weighted by Gasteiger charge is -2.32. The molecule has 3 heterocycles. The number of hydrogen-bond acceptors (Lipinski definition) is 8. The zero-order valence-electron chi connectivity index (χ0n) is 31.9. The van der Waals surface area contributed by atoms with E-state index in [4.69, 9.17) is 0 Å². The normalized spacial score (nSPS) is 26.4. The van der Waals surface area contributed by atoms with Gasteiger partial charge in [0.1, 0.15) is 17.6 Å². The van der Waals surface area contributed by atoms with Crippen LogP contribution >= 0.6 is 0 Å². The molecule has 3 aromatic rings. The van der Waals surface area contributed by atoms with Gasteiger partial charge < -0.3 is 20.4 Å². The smallest absolute Gasteiger partial charge is 0.317 e. The average molecular weight is 784 g/mol. The average Bonchev–Trinajstić information content (AvgIpc) is 4.10. The van der Waals surface area contributed by atoms with E-state index in [0.717, 1.165) is 16.3 Å². The van der Waals surface area contributed by atoms with Gasteiger partial charge in [0.25, 0.3) is 11.5 Å². The minimum atomic E-state index is -3.92. The Morgan fingerprint density at radius 2 is 1.80 bits per heavy atom. The first-order valence-corrected chi connectivity index (χ1v) is 20.9. The third kappa shape index (κ3) is 7.48. The van der Waals surface area contributed by atoms with Crippen molar-refractivity contribution in [1.29, 1.82) is 0 Å². The van der Waals surface area contributed by atoms with Crippen molar-refractivity contribution in [2.75, 3.05) is 20.1 Å². The number of urea groups is 1. The summed E-state index contributed by atoms with van der Waals surface area (Å²) < 4.78 is 29.0. The first-order chi connectivity index (χ1) is 26.8. The lowest BCUT2D eigenvalue weighted by atomic mass is 9.95. The first kappa shape index (κ1) is 38.9. The summed E-state index contributed by atoms with van der Waals surface area (Å²) in [6, 6.07) is 10.4. The van der Waals surface area contributed by atoms with Gasteiger partial charge in [-0.3, -0.25) is 23.9 Å². The van der Waals surface area contributed by atoms with Crippen LogP contribution in [0.25, 0.3) is 21.9 Å². The number of nitrogens with one attached hydrogen (secondary N) is 3. The number of amides is 5. The van der Waals surface area contributed by atoms with Crippen molar-refractivity contribution in [3.05, 3.63) is 89.4 Å². The van der Waals surface area contributed by atoms with Crippen LogP contribution in [0, 0.1) is 11.8 Å². The minimum absolute atomic E-state index is 0.0249. The Bertz CT molecular complexity index is 2280. The fourth-order valence-electron chi connectivity index (χ4n) is 7.96. The SMILES string of the molecule is C=C[C@@H]1C[C@]1(NC(=O)[C@@H]1CC2CN1C(=O)[C@H](C(C)C)NC(=O)N(C)CCC/C=C/Cc1c(-c3cccc4ccccc34)cnn2c1=O)C(=O)NS(=O)(=O)C1CC1. The second kappa shape index (κ2) is 15.3. The summed E-state index contributed by atoms with van der Waals surface area (Å²) in [4.78, 5) is 73.4. The highest BCUT2D eigenvalue weighted by molar-refractivity contribution is 7.91. The molecule has 4 aliphatic rings. The lowest BCUT2D eigenvalue weighted by molar-refractivity contribution is -0.141. The van der Waals surface area contributed by atoms with Gasteiger partial charge in [-0.05, 0) is 60.8 Å². The van der Waals surface area contributed by atoms with Crippen molar-refractivity contribution >= 4 is 44.5 Å². The molecule has 0 spiro atoms. The molecule has 56 heavy (non-hydrogen) atoms. The molecule has 3 N–H and O–H groups in total. The Balaban J connectivity index is 1.29. The second-order valence-electron chi connectivity index (χ2n) is 15.8. The van der Waals surface area contributed by atoms with E-state index in [2.05, 4.69) is 27.0 Å². The summed E-state index contributed by atoms with van der Waals surface area (Å²) >= 11 is 0. The highest BCUT2D eigenvalue weighted by atomic mass is 32.2. The molecule has 1 saturated heterocycles. The van der Waals surface area contributed by atoms with E-state index >= 15 is 0 Å². The molecule has 2 aliphatic carbocycles. The van der Waals surface area contributed by atoms with Crippen molar-refractivity contribution in [2.24, 2.45) is 11.8 Å². The summed E-state index contributed by atoms with van der Waals surface area (Å²) in [7, 11) is -2.26. The van der Waals surface area contributed by atoms with Gasteiger partial charge in [-0.1, -0.05) is 74.5 Å². The maximum atomic E-state index is 14.6. The first-order valence-electron chi connectivity index (χ1n) is 19.3. The molecule has 5 amide bonds. The number of carbonyl (C=O) groups is 4. The zero-order valence-corrected chi connectivity index (χ0v) is 32.8. The van der Waals surface area contributed by atoms with Crippen LogP contribution in [0.3, 0.4) is 0 Å². The Morgan fingerprint density at radius 3 is 2.52 bits per heavy atom. The van der Waals surface area contributed by atoms with Crippen LogP contribution in [0.1, 0.15) is 64.0 Å². The largest absolute Gasteiger partial charge is 0.339 e. The fraction of sp³-hybridized carbons (Fsp3) is 0.463. The number of sulfonamides is 1. The molecule has 296 valence electrons. The molecule has 2 aromatic carbocycles. The van der Waals surface area contributed by atoms with Gasteiger partial charge in [0.05, 0.1) is 17.5 Å². The summed E-state index contributed by atoms with van der Waals surface area (Å²) in [5.74, 6) is -2.99. The van der Waals surface area contributed by atoms with Crippen LogP contribution in [0.4, 0.5) is 4.79 Å². The molecule has 0 radical (unpaired) electrons. The number of fused-ring (bicyclic) bond motifs is 6. The number of hydrogen-bond donors (Lipinski definition) is 3. The Kier molecular flexibility index (Phi) is 10.7. The highest BCUT2D eigenvalue weighted by Crippen LogP contribution is 2.46. The number of nitrogens with zero attached hydrogens (tertiary/aromatic N) is 4. The van der Waals surface area contributed by atoms with Crippen molar-refractivity contribution in [3.8, 4) is 11.1 Å². The van der Waals surface area contributed by atoms with Crippen LogP contribution in [0.5, 0.6) is 0 Å². The maximum absolute atomic E-state index is 14.6. The molecule has 5 atom stereocenters. The molecular weight excluding hydrogens is 735 g/mol. The van der Waals surface area contributed by atoms with Gasteiger partial charge in [-0.25, -0.2) is 17.9 Å². The molecule has 1 aromatic heterocycles. The number of rotatable bonds is 8. The summed E-state index contributed by atoms with van der Waals surface area (Å²) in [5, 5.41) is 11.7. The van der Waals surface area contributed by atoms with E-state index < -0.39 is 68.6 Å². The minimum Gasteiger partial charge on any atom is -0.339 e. The topological polar surface area (TPSA) is 180 Å². The number of carbonyl (C=O) groups excluding carboxylic acids is 4. The van der Waals surface area contributed by atoms with Crippen molar-refractivity contribution in [3.63, 3.8) is 0 Å². The van der Waals surface area contributed by atoms with Gasteiger partial charge in [-0.15, -0.1) is 6.58 Å². The van der Waals surface area contributed by atoms with Crippen molar-refractivity contribution in [2.45, 2.75) is 87.7 Å². The van der Waals surface area contributed by atoms with Gasteiger partial charge in [0, 0.05) is 43.6 Å². The van der Waals surface area contributed by atoms with Gasteiger partial charge in [0.2, 0.25) is 21.8 Å². The third-order valence-electron chi connectivity index (χ3n) is 11.6. The van der Waals surface area contributed by atoms with Gasteiger partial charge >= 0.3 is 6.03 Å². The van der Waals surface area contributed by atoms with Crippen LogP contribution in [-0.4, -0.2) is 94.8 Å². The van der Waals surface area contributed by atoms with Crippen LogP contribution in [0.2, 0.25) is 0 Å². The van der Waals surface area contributed by atoms with Crippen molar-refractivity contribution in [1.82, 2.24) is 34.9 Å². The van der Waals surface area contributed by atoms with Crippen LogP contribution < -0.4 is 20.9 Å². The number of benzene rings is 2. The Labute approximate surface area is 326 Å². The summed E-state index contributed by atoms with van der Waals surface area (Å²) in [6.07, 6.45) is 9.73. The van der Waals surface area contributed by atoms with Crippen LogP contribution in [-0.2, 0) is 30.8 Å². The highest BCUT2D eigenvalue weighted by Gasteiger charge is 2.62. The Hall–Kier alpha value is -5.31. The number of allylic oxidation sites excluding steroid dienone is 2. The van der Waals surface area contributed by atoms with E-state index in [9.17, 15) is 32.4 Å². The van der Waals surface area contributed by atoms with E-state index in [0.29, 0.717) is 49.8 Å². The summed E-state index contributed by atoms with van der Waals surface area (Å²) in [6.45, 7) is 7.71. The predicted molar refractivity (Wildman–Crippen MR) is 212 cm³/mol. The molecule has 1 unspecified atom stereocenters. The standard InChI is InChI=1S/C41H49N7O7S/c1-5-27-22-41(27,39(52)45-56(54,55)29-18-19-29)44-36(49)34-21-28-24-47(34)38(51)35(25(2)3)43-40(53)46(4)20-11-7-6-8-16-32-33(23-42-48(28)37(32)50)31-17-12-14-26-13-9-10-15-30(26)31/h5-6,8-10,12-15,17,23,25,27-29,34-35H,1,7,11,16,18-22,24H2,2-4H3,(H,43,53)(H,44,49)(H,45,52)/b8-6+/t27-,28?,34+,35+,41-/m1/s1. The molecule has 15 heteroatoms. The fourth-order valence-corrected chi connectivity index (χ4v) is 9.32. The van der Waals surface area contributed by atoms with E-state index in [1.54, 1.807) is 27.1 Å². The predicted octanol–water partition coefficient (Wildman–Crippen LogP) is 3.43. The van der Waals surface area contributed by atoms with Gasteiger partial charge in [0.15, 0.2) is 0 Å².